The molecule has 8 heteroatoms. The summed E-state index contributed by atoms with van der Waals surface area (Å²) in [5.74, 6) is 0.125. The second-order valence-electron chi connectivity index (χ2n) is 8.60. The van der Waals surface area contributed by atoms with Crippen molar-refractivity contribution in [1.82, 2.24) is 9.80 Å². The number of nitrogens with one attached hydrogen (secondary N) is 1. The Bertz CT molecular complexity index is 1080. The standard InChI is InChI=1S/C26H29ClN4O2S/c27-21-7-4-8-22(17-21)29-26(34)31-13-11-30(12-14-31)10-9-28-18-23-24(32)15-20(16-25(23)33)19-5-2-1-3-6-19/h1-8,17-18,20,32H,9-16H2,(H,29,34). The first-order chi connectivity index (χ1) is 16.5. The van der Waals surface area contributed by atoms with E-state index in [9.17, 15) is 9.90 Å². The van der Waals surface area contributed by atoms with Crippen LogP contribution in [0.3, 0.4) is 0 Å². The van der Waals surface area contributed by atoms with Crippen molar-refractivity contribution in [3.63, 3.8) is 0 Å². The Balaban J connectivity index is 1.21. The van der Waals surface area contributed by atoms with Gasteiger partial charge in [-0.3, -0.25) is 14.7 Å². The molecule has 1 atom stereocenters. The number of rotatable bonds is 6. The van der Waals surface area contributed by atoms with E-state index < -0.39 is 0 Å². The number of ketones is 1. The molecule has 1 heterocycles. The lowest BCUT2D eigenvalue weighted by Crippen LogP contribution is -2.50. The number of anilines is 1. The van der Waals surface area contributed by atoms with Crippen molar-refractivity contribution >= 4 is 46.6 Å². The number of carbonyl (C=O) groups is 1. The highest BCUT2D eigenvalue weighted by atomic mass is 35.5. The SMILES string of the molecule is O=C1CC(c2ccccc2)CC(O)=C1C=NCCN1CCN(C(=S)Nc2cccc(Cl)c2)CC1. The maximum atomic E-state index is 12.6. The summed E-state index contributed by atoms with van der Waals surface area (Å²) in [6.45, 7) is 4.82. The predicted octanol–water partition coefficient (Wildman–Crippen LogP) is 4.68. The normalized spacial score (nSPS) is 19.6. The molecular weight excluding hydrogens is 468 g/mol. The van der Waals surface area contributed by atoms with Gasteiger partial charge in [0.1, 0.15) is 5.76 Å². The molecule has 0 bridgehead atoms. The summed E-state index contributed by atoms with van der Waals surface area (Å²) in [5, 5.41) is 15.1. The third kappa shape index (κ3) is 6.44. The Hall–Kier alpha value is -2.74. The molecule has 2 aromatic carbocycles. The average Bonchev–Trinajstić information content (AvgIpc) is 2.84. The number of aliphatic imine (C=N–C) groups is 1. The van der Waals surface area contributed by atoms with Crippen molar-refractivity contribution in [2.24, 2.45) is 4.99 Å². The zero-order valence-corrected chi connectivity index (χ0v) is 20.6. The number of allylic oxidation sites excluding steroid dienone is 2. The molecule has 2 aromatic rings. The first kappa shape index (κ1) is 24.4. The topological polar surface area (TPSA) is 68.2 Å². The maximum Gasteiger partial charge on any atom is 0.173 e. The van der Waals surface area contributed by atoms with E-state index in [1.807, 2.05) is 54.6 Å². The molecule has 1 aliphatic heterocycles. The van der Waals surface area contributed by atoms with Crippen LogP contribution in [0.25, 0.3) is 0 Å². The summed E-state index contributed by atoms with van der Waals surface area (Å²) in [6.07, 6.45) is 2.43. The number of nitrogens with zero attached hydrogens (tertiary/aromatic N) is 3. The number of piperazine rings is 1. The largest absolute Gasteiger partial charge is 0.511 e. The fraction of sp³-hybridized carbons (Fsp3) is 0.346. The van der Waals surface area contributed by atoms with Gasteiger partial charge in [0.2, 0.25) is 0 Å². The first-order valence-corrected chi connectivity index (χ1v) is 12.3. The van der Waals surface area contributed by atoms with E-state index in [4.69, 9.17) is 23.8 Å². The number of halogens is 1. The van der Waals surface area contributed by atoms with Crippen LogP contribution >= 0.6 is 23.8 Å². The van der Waals surface area contributed by atoms with Gasteiger partial charge in [-0.15, -0.1) is 0 Å². The molecule has 1 aliphatic carbocycles. The zero-order chi connectivity index (χ0) is 23.9. The summed E-state index contributed by atoms with van der Waals surface area (Å²) >= 11 is 11.6. The minimum absolute atomic E-state index is 0.0293. The third-order valence-electron chi connectivity index (χ3n) is 6.25. The van der Waals surface area contributed by atoms with E-state index in [1.54, 1.807) is 6.21 Å². The fourth-order valence-corrected chi connectivity index (χ4v) is 4.81. The molecule has 0 aromatic heterocycles. The van der Waals surface area contributed by atoms with Gasteiger partial charge in [0.15, 0.2) is 10.9 Å². The monoisotopic (exact) mass is 496 g/mol. The molecule has 2 aliphatic rings. The quantitative estimate of drug-likeness (QED) is 0.447. The van der Waals surface area contributed by atoms with Crippen molar-refractivity contribution < 1.29 is 9.90 Å². The lowest BCUT2D eigenvalue weighted by molar-refractivity contribution is -0.116. The van der Waals surface area contributed by atoms with Crippen molar-refractivity contribution in [1.29, 1.82) is 0 Å². The molecule has 0 saturated carbocycles. The van der Waals surface area contributed by atoms with Crippen LogP contribution in [0.15, 0.2) is 70.9 Å². The summed E-state index contributed by atoms with van der Waals surface area (Å²) in [4.78, 5) is 21.5. The number of aliphatic hydroxyl groups excluding tert-OH is 1. The van der Waals surface area contributed by atoms with Gasteiger partial charge in [-0.1, -0.05) is 48.0 Å². The lowest BCUT2D eigenvalue weighted by atomic mass is 9.83. The lowest BCUT2D eigenvalue weighted by Gasteiger charge is -2.36. The molecular formula is C26H29ClN4O2S. The van der Waals surface area contributed by atoms with E-state index in [0.717, 1.165) is 44.0 Å². The summed E-state index contributed by atoms with van der Waals surface area (Å²) in [7, 11) is 0. The van der Waals surface area contributed by atoms with Crippen LogP contribution in [0.5, 0.6) is 0 Å². The Labute approximate surface area is 210 Å². The molecule has 6 nitrogen and oxygen atoms in total. The number of hydrogen-bond acceptors (Lipinski definition) is 5. The van der Waals surface area contributed by atoms with Crippen LogP contribution in [-0.2, 0) is 4.79 Å². The second kappa shape index (κ2) is 11.6. The number of carbonyl (C=O) groups excluding carboxylic acids is 1. The van der Waals surface area contributed by atoms with Gasteiger partial charge in [0.25, 0.3) is 0 Å². The minimum atomic E-state index is -0.0457. The van der Waals surface area contributed by atoms with E-state index >= 15 is 0 Å². The van der Waals surface area contributed by atoms with Crippen LogP contribution in [0, 0.1) is 0 Å². The van der Waals surface area contributed by atoms with E-state index in [1.165, 1.54) is 0 Å². The first-order valence-electron chi connectivity index (χ1n) is 11.5. The number of benzene rings is 2. The van der Waals surface area contributed by atoms with Gasteiger partial charge < -0.3 is 15.3 Å². The van der Waals surface area contributed by atoms with Gasteiger partial charge in [-0.05, 0) is 41.9 Å². The van der Waals surface area contributed by atoms with Gasteiger partial charge in [-0.25, -0.2) is 0 Å². The van der Waals surface area contributed by atoms with Gasteiger partial charge in [0.05, 0.1) is 12.1 Å². The third-order valence-corrected chi connectivity index (χ3v) is 6.85. The van der Waals surface area contributed by atoms with Crippen LogP contribution in [0.4, 0.5) is 5.69 Å². The molecule has 1 unspecified atom stereocenters. The molecule has 1 saturated heterocycles. The minimum Gasteiger partial charge on any atom is -0.511 e. The molecule has 178 valence electrons. The van der Waals surface area contributed by atoms with Crippen molar-refractivity contribution in [2.45, 2.75) is 18.8 Å². The maximum absolute atomic E-state index is 12.6. The number of aliphatic hydroxyl groups is 1. The molecule has 4 rings (SSSR count). The Morgan fingerprint density at radius 2 is 1.88 bits per heavy atom. The van der Waals surface area contributed by atoms with Crippen molar-refractivity contribution in [3.8, 4) is 0 Å². The highest BCUT2D eigenvalue weighted by molar-refractivity contribution is 7.80. The molecule has 0 spiro atoms. The molecule has 0 amide bonds. The molecule has 1 fully saturated rings. The summed E-state index contributed by atoms with van der Waals surface area (Å²) < 4.78 is 0. The van der Waals surface area contributed by atoms with E-state index in [0.29, 0.717) is 35.1 Å². The van der Waals surface area contributed by atoms with Crippen LogP contribution < -0.4 is 5.32 Å². The van der Waals surface area contributed by atoms with Gasteiger partial charge >= 0.3 is 0 Å². The van der Waals surface area contributed by atoms with Crippen molar-refractivity contribution in [2.75, 3.05) is 44.6 Å². The van der Waals surface area contributed by atoms with Crippen LogP contribution in [0.1, 0.15) is 24.3 Å². The average molecular weight is 497 g/mol. The smallest absolute Gasteiger partial charge is 0.173 e. The Morgan fingerprint density at radius 1 is 1.12 bits per heavy atom. The van der Waals surface area contributed by atoms with Crippen molar-refractivity contribution in [3.05, 3.63) is 76.5 Å². The number of Topliss-reactive ketones (excluding diaryl/α,β-unsaturated/α-hetero) is 1. The molecule has 34 heavy (non-hydrogen) atoms. The van der Waals surface area contributed by atoms with Crippen LogP contribution in [0.2, 0.25) is 5.02 Å². The summed E-state index contributed by atoms with van der Waals surface area (Å²) in [6, 6.07) is 17.4. The Morgan fingerprint density at radius 3 is 2.59 bits per heavy atom. The van der Waals surface area contributed by atoms with Crippen LogP contribution in [-0.4, -0.2) is 71.3 Å². The molecule has 0 radical (unpaired) electrons. The highest BCUT2D eigenvalue weighted by Gasteiger charge is 2.27. The fourth-order valence-electron chi connectivity index (χ4n) is 4.32. The zero-order valence-electron chi connectivity index (χ0n) is 19.0. The second-order valence-corrected chi connectivity index (χ2v) is 9.43. The number of hydrogen-bond donors (Lipinski definition) is 2. The Kier molecular flexibility index (Phi) is 8.32. The van der Waals surface area contributed by atoms with Gasteiger partial charge in [0, 0.05) is 62.5 Å². The predicted molar refractivity (Wildman–Crippen MR) is 142 cm³/mol. The molecule has 2 N–H and O–H groups in total. The highest BCUT2D eigenvalue weighted by Crippen LogP contribution is 2.32. The van der Waals surface area contributed by atoms with E-state index in [2.05, 4.69) is 20.1 Å². The van der Waals surface area contributed by atoms with Gasteiger partial charge in [-0.2, -0.15) is 0 Å². The van der Waals surface area contributed by atoms with E-state index in [-0.39, 0.29) is 17.5 Å². The summed E-state index contributed by atoms with van der Waals surface area (Å²) in [5.41, 5.74) is 2.33. The number of thiocarbonyl (C=S) groups is 1.